The summed E-state index contributed by atoms with van der Waals surface area (Å²) in [5, 5.41) is 12.7. The van der Waals surface area contributed by atoms with Crippen LogP contribution in [0.5, 0.6) is 0 Å². The molecule has 1 aromatic carbocycles. The predicted molar refractivity (Wildman–Crippen MR) is 57.2 cm³/mol. The van der Waals surface area contributed by atoms with Crippen molar-refractivity contribution in [1.82, 2.24) is 4.98 Å². The van der Waals surface area contributed by atoms with Gasteiger partial charge in [-0.15, -0.1) is 0 Å². The molecule has 4 heteroatoms. The largest absolute Gasteiger partial charge is 0.410 e. The Labute approximate surface area is 86.0 Å². The van der Waals surface area contributed by atoms with Crippen molar-refractivity contribution in [1.29, 1.82) is 0 Å². The highest BCUT2D eigenvalue weighted by molar-refractivity contribution is 6.70. The molecule has 2 aromatic rings. The monoisotopic (exact) mass is 208 g/mol. The molecule has 0 bridgehead atoms. The van der Waals surface area contributed by atoms with Gasteiger partial charge in [-0.25, -0.2) is 0 Å². The van der Waals surface area contributed by atoms with Crippen molar-refractivity contribution in [2.45, 2.75) is 6.92 Å². The van der Waals surface area contributed by atoms with Gasteiger partial charge < -0.3 is 10.2 Å². The molecule has 0 aliphatic rings. The van der Waals surface area contributed by atoms with Gasteiger partial charge >= 0.3 is 0 Å². The Morgan fingerprint density at radius 2 is 2.29 bits per heavy atom. The number of aromatic amines is 1. The first kappa shape index (κ1) is 9.09. The maximum atomic E-state index is 8.60. The Balaban J connectivity index is 2.80. The molecule has 14 heavy (non-hydrogen) atoms. The molecule has 0 unspecified atom stereocenters. The molecular weight excluding hydrogens is 200 g/mol. The van der Waals surface area contributed by atoms with Gasteiger partial charge in [-0.05, 0) is 18.6 Å². The van der Waals surface area contributed by atoms with Crippen LogP contribution in [0.25, 0.3) is 10.9 Å². The molecule has 3 nitrogen and oxygen atoms in total. The summed E-state index contributed by atoms with van der Waals surface area (Å²) >= 11 is 5.76. The van der Waals surface area contributed by atoms with Crippen LogP contribution in [0.3, 0.4) is 0 Å². The average molecular weight is 209 g/mol. The summed E-state index contributed by atoms with van der Waals surface area (Å²) in [6.07, 6.45) is 1.74. The molecule has 1 aromatic heterocycles. The average Bonchev–Trinajstić information content (AvgIpc) is 2.62. The normalized spacial score (nSPS) is 12.3. The zero-order chi connectivity index (χ0) is 10.1. The molecule has 0 amide bonds. The smallest absolute Gasteiger partial charge is 0.177 e. The summed E-state index contributed by atoms with van der Waals surface area (Å²) in [6, 6.07) is 5.90. The summed E-state index contributed by atoms with van der Waals surface area (Å²) < 4.78 is 0. The lowest BCUT2D eigenvalue weighted by atomic mass is 10.1. The Kier molecular flexibility index (Phi) is 2.17. The highest BCUT2D eigenvalue weighted by atomic mass is 35.5. The highest BCUT2D eigenvalue weighted by Crippen LogP contribution is 2.23. The van der Waals surface area contributed by atoms with E-state index < -0.39 is 0 Å². The number of rotatable bonds is 1. The second kappa shape index (κ2) is 3.35. The van der Waals surface area contributed by atoms with Crippen molar-refractivity contribution in [3.63, 3.8) is 0 Å². The Morgan fingerprint density at radius 3 is 3.00 bits per heavy atom. The van der Waals surface area contributed by atoms with E-state index in [1.807, 2.05) is 25.1 Å². The molecule has 0 spiro atoms. The third-order valence-electron chi connectivity index (χ3n) is 2.22. The molecule has 0 aliphatic heterocycles. The van der Waals surface area contributed by atoms with Crippen LogP contribution in [0.1, 0.15) is 11.1 Å². The molecule has 0 atom stereocenters. The zero-order valence-corrected chi connectivity index (χ0v) is 8.34. The number of oxime groups is 1. The summed E-state index contributed by atoms with van der Waals surface area (Å²) in [6.45, 7) is 1.99. The first-order valence-corrected chi connectivity index (χ1v) is 4.56. The fourth-order valence-electron chi connectivity index (χ4n) is 1.58. The zero-order valence-electron chi connectivity index (χ0n) is 7.58. The lowest BCUT2D eigenvalue weighted by molar-refractivity contribution is 0.321. The standard InChI is InChI=1S/C10H9ClN2O/c1-6-3-2-4-8-9(6)7(5-12-8)10(11)13-14/h2-5,12,14H,1H3/b13-10+. The van der Waals surface area contributed by atoms with Crippen LogP contribution >= 0.6 is 11.6 Å². The lowest BCUT2D eigenvalue weighted by Gasteiger charge is -1.98. The summed E-state index contributed by atoms with van der Waals surface area (Å²) in [7, 11) is 0. The maximum absolute atomic E-state index is 8.60. The maximum Gasteiger partial charge on any atom is 0.177 e. The number of hydrogen-bond donors (Lipinski definition) is 2. The van der Waals surface area contributed by atoms with Crippen molar-refractivity contribution in [3.05, 3.63) is 35.5 Å². The molecule has 2 N–H and O–H groups in total. The Bertz CT molecular complexity index is 502. The van der Waals surface area contributed by atoms with E-state index in [-0.39, 0.29) is 5.17 Å². The van der Waals surface area contributed by atoms with Gasteiger partial charge in [0.2, 0.25) is 0 Å². The number of aromatic nitrogens is 1. The van der Waals surface area contributed by atoms with Gasteiger partial charge in [0.15, 0.2) is 5.17 Å². The summed E-state index contributed by atoms with van der Waals surface area (Å²) in [5.74, 6) is 0. The number of halogens is 1. The molecule has 72 valence electrons. The van der Waals surface area contributed by atoms with Gasteiger partial charge in [-0.1, -0.05) is 28.9 Å². The molecule has 0 fully saturated rings. The molecule has 0 aliphatic carbocycles. The van der Waals surface area contributed by atoms with Crippen LogP contribution in [0.15, 0.2) is 29.6 Å². The number of nitrogens with one attached hydrogen (secondary N) is 1. The van der Waals surface area contributed by atoms with Gasteiger partial charge in [0.05, 0.1) is 0 Å². The van der Waals surface area contributed by atoms with E-state index >= 15 is 0 Å². The van der Waals surface area contributed by atoms with Gasteiger partial charge in [0, 0.05) is 22.7 Å². The first-order valence-electron chi connectivity index (χ1n) is 4.18. The summed E-state index contributed by atoms with van der Waals surface area (Å²) in [5.41, 5.74) is 2.81. The third-order valence-corrected chi connectivity index (χ3v) is 2.50. The predicted octanol–water partition coefficient (Wildman–Crippen LogP) is 2.85. The quantitative estimate of drug-likeness (QED) is 0.423. The van der Waals surface area contributed by atoms with E-state index in [1.54, 1.807) is 6.20 Å². The van der Waals surface area contributed by atoms with Gasteiger partial charge in [-0.2, -0.15) is 0 Å². The third kappa shape index (κ3) is 1.26. The minimum absolute atomic E-state index is 0.102. The SMILES string of the molecule is Cc1cccc2[nH]cc(/C(Cl)=N\O)c12. The van der Waals surface area contributed by atoms with Crippen LogP contribution in [0.4, 0.5) is 0 Å². The number of H-pyrrole nitrogens is 1. The highest BCUT2D eigenvalue weighted by Gasteiger charge is 2.09. The number of benzene rings is 1. The second-order valence-corrected chi connectivity index (χ2v) is 3.45. The number of nitrogens with zero attached hydrogens (tertiary/aromatic N) is 1. The van der Waals surface area contributed by atoms with Gasteiger partial charge in [0.1, 0.15) is 0 Å². The van der Waals surface area contributed by atoms with E-state index in [9.17, 15) is 0 Å². The number of hydrogen-bond acceptors (Lipinski definition) is 2. The van der Waals surface area contributed by atoms with E-state index in [0.29, 0.717) is 0 Å². The van der Waals surface area contributed by atoms with Crippen LogP contribution in [-0.4, -0.2) is 15.4 Å². The fourth-order valence-corrected chi connectivity index (χ4v) is 1.73. The molecule has 0 radical (unpaired) electrons. The van der Waals surface area contributed by atoms with Gasteiger partial charge in [-0.3, -0.25) is 0 Å². The second-order valence-electron chi connectivity index (χ2n) is 3.09. The minimum atomic E-state index is 0.102. The molecule has 2 rings (SSSR count). The van der Waals surface area contributed by atoms with Crippen LogP contribution in [0, 0.1) is 6.92 Å². The van der Waals surface area contributed by atoms with E-state index in [4.69, 9.17) is 16.8 Å². The molecule has 0 saturated carbocycles. The van der Waals surface area contributed by atoms with Crippen LogP contribution in [0.2, 0.25) is 0 Å². The van der Waals surface area contributed by atoms with E-state index in [2.05, 4.69) is 10.1 Å². The Hall–Kier alpha value is -1.48. The minimum Gasteiger partial charge on any atom is -0.410 e. The van der Waals surface area contributed by atoms with Crippen molar-refractivity contribution in [3.8, 4) is 0 Å². The first-order chi connectivity index (χ1) is 6.74. The molecular formula is C10H9ClN2O. The van der Waals surface area contributed by atoms with Crippen molar-refractivity contribution >= 4 is 27.7 Å². The summed E-state index contributed by atoms with van der Waals surface area (Å²) in [4.78, 5) is 3.07. The van der Waals surface area contributed by atoms with Crippen LogP contribution < -0.4 is 0 Å². The number of fused-ring (bicyclic) bond motifs is 1. The van der Waals surface area contributed by atoms with E-state index in [0.717, 1.165) is 22.0 Å². The number of aryl methyl sites for hydroxylation is 1. The van der Waals surface area contributed by atoms with Crippen molar-refractivity contribution in [2.75, 3.05) is 0 Å². The van der Waals surface area contributed by atoms with Crippen LogP contribution in [-0.2, 0) is 0 Å². The van der Waals surface area contributed by atoms with Gasteiger partial charge in [0.25, 0.3) is 0 Å². The van der Waals surface area contributed by atoms with Crippen molar-refractivity contribution < 1.29 is 5.21 Å². The Morgan fingerprint density at radius 1 is 1.50 bits per heavy atom. The van der Waals surface area contributed by atoms with E-state index in [1.165, 1.54) is 0 Å². The molecule has 1 heterocycles. The lowest BCUT2D eigenvalue weighted by Crippen LogP contribution is -1.89. The fraction of sp³-hybridized carbons (Fsp3) is 0.100. The molecule has 0 saturated heterocycles. The topological polar surface area (TPSA) is 48.4 Å². The van der Waals surface area contributed by atoms with Crippen molar-refractivity contribution in [2.24, 2.45) is 5.16 Å².